The number of halogens is 1. The van der Waals surface area contributed by atoms with Crippen LogP contribution in [0.15, 0.2) is 24.3 Å². The SMILES string of the molecule is O=C(C[C@H](CN1CCN(CCO)CC1)C(=O)O)Nc1ccc(F)cc1. The predicted molar refractivity (Wildman–Crippen MR) is 90.7 cm³/mol. The van der Waals surface area contributed by atoms with Crippen molar-refractivity contribution < 1.29 is 24.2 Å². The molecule has 3 N–H and O–H groups in total. The number of carbonyl (C=O) groups is 2. The van der Waals surface area contributed by atoms with Gasteiger partial charge in [0.25, 0.3) is 0 Å². The second-order valence-electron chi connectivity index (χ2n) is 6.16. The van der Waals surface area contributed by atoms with Gasteiger partial charge in [0.2, 0.25) is 5.91 Å². The number of aliphatic hydroxyl groups is 1. The fourth-order valence-corrected chi connectivity index (χ4v) is 2.85. The van der Waals surface area contributed by atoms with Gasteiger partial charge >= 0.3 is 5.97 Å². The van der Waals surface area contributed by atoms with Crippen molar-refractivity contribution in [1.82, 2.24) is 9.80 Å². The van der Waals surface area contributed by atoms with Crippen molar-refractivity contribution in [3.05, 3.63) is 30.1 Å². The number of carbonyl (C=O) groups excluding carboxylic acids is 1. The van der Waals surface area contributed by atoms with E-state index in [0.29, 0.717) is 31.9 Å². The lowest BCUT2D eigenvalue weighted by Crippen LogP contribution is -2.49. The Bertz CT molecular complexity index is 574. The van der Waals surface area contributed by atoms with Crippen LogP contribution in [0.25, 0.3) is 0 Å². The molecule has 1 aliphatic rings. The first-order valence-corrected chi connectivity index (χ1v) is 8.31. The lowest BCUT2D eigenvalue weighted by atomic mass is 10.0. The fourth-order valence-electron chi connectivity index (χ4n) is 2.85. The average Bonchev–Trinajstić information content (AvgIpc) is 2.58. The number of amides is 1. The molecule has 0 spiro atoms. The third-order valence-corrected chi connectivity index (χ3v) is 4.27. The number of aliphatic carboxylic acids is 1. The summed E-state index contributed by atoms with van der Waals surface area (Å²) in [5.41, 5.74) is 0.438. The molecule has 1 saturated heterocycles. The summed E-state index contributed by atoms with van der Waals surface area (Å²) >= 11 is 0. The van der Waals surface area contributed by atoms with Gasteiger partial charge in [-0.25, -0.2) is 4.39 Å². The van der Waals surface area contributed by atoms with E-state index in [-0.39, 0.29) is 13.0 Å². The number of carboxylic acid groups (broad SMARTS) is 1. The normalized spacial score (nSPS) is 17.2. The van der Waals surface area contributed by atoms with Crippen molar-refractivity contribution in [1.29, 1.82) is 0 Å². The van der Waals surface area contributed by atoms with Crippen molar-refractivity contribution in [3.63, 3.8) is 0 Å². The van der Waals surface area contributed by atoms with Gasteiger partial charge in [0, 0.05) is 51.4 Å². The number of piperazine rings is 1. The number of hydrogen-bond donors (Lipinski definition) is 3. The molecule has 1 heterocycles. The molecular weight excluding hydrogens is 329 g/mol. The lowest BCUT2D eigenvalue weighted by Gasteiger charge is -2.35. The number of anilines is 1. The van der Waals surface area contributed by atoms with E-state index in [2.05, 4.69) is 10.2 Å². The molecular formula is C17H24FN3O4. The Morgan fingerprint density at radius 2 is 1.72 bits per heavy atom. The average molecular weight is 353 g/mol. The van der Waals surface area contributed by atoms with Gasteiger partial charge in [-0.1, -0.05) is 0 Å². The van der Waals surface area contributed by atoms with Crippen LogP contribution in [-0.2, 0) is 9.59 Å². The van der Waals surface area contributed by atoms with Crippen LogP contribution in [-0.4, -0.2) is 77.8 Å². The first-order valence-electron chi connectivity index (χ1n) is 8.31. The highest BCUT2D eigenvalue weighted by Gasteiger charge is 2.26. The molecule has 0 aromatic heterocycles. The standard InChI is InChI=1S/C17H24FN3O4/c18-14-1-3-15(4-2-14)19-16(23)11-13(17(24)25)12-21-7-5-20(6-8-21)9-10-22/h1-4,13,22H,5-12H2,(H,19,23)(H,24,25)/t13-/m1/s1. The minimum atomic E-state index is -1.01. The van der Waals surface area contributed by atoms with Crippen LogP contribution in [0.3, 0.4) is 0 Å². The number of nitrogens with zero attached hydrogens (tertiary/aromatic N) is 2. The van der Waals surface area contributed by atoms with Gasteiger partial charge in [0.15, 0.2) is 0 Å². The molecule has 1 aromatic rings. The minimum absolute atomic E-state index is 0.112. The van der Waals surface area contributed by atoms with E-state index in [0.717, 1.165) is 13.1 Å². The molecule has 25 heavy (non-hydrogen) atoms. The fraction of sp³-hybridized carbons (Fsp3) is 0.529. The van der Waals surface area contributed by atoms with Crippen LogP contribution in [0.4, 0.5) is 10.1 Å². The van der Waals surface area contributed by atoms with Crippen molar-refractivity contribution in [2.45, 2.75) is 6.42 Å². The highest BCUT2D eigenvalue weighted by molar-refractivity contribution is 5.93. The second-order valence-corrected chi connectivity index (χ2v) is 6.16. The van der Waals surface area contributed by atoms with E-state index < -0.39 is 23.6 Å². The van der Waals surface area contributed by atoms with E-state index in [1.165, 1.54) is 24.3 Å². The number of β-amino-alcohol motifs (C(OH)–C–C–N with tert-alkyl or cyclic N) is 1. The molecule has 0 bridgehead atoms. The monoisotopic (exact) mass is 353 g/mol. The third-order valence-electron chi connectivity index (χ3n) is 4.27. The molecule has 138 valence electrons. The first kappa shape index (κ1) is 19.3. The van der Waals surface area contributed by atoms with Crippen LogP contribution in [0.5, 0.6) is 0 Å². The van der Waals surface area contributed by atoms with Gasteiger partial charge < -0.3 is 15.5 Å². The van der Waals surface area contributed by atoms with Gasteiger partial charge in [-0.15, -0.1) is 0 Å². The maximum Gasteiger partial charge on any atom is 0.308 e. The van der Waals surface area contributed by atoms with Gasteiger partial charge in [-0.3, -0.25) is 19.4 Å². The maximum absolute atomic E-state index is 12.9. The number of rotatable bonds is 8. The molecule has 1 atom stereocenters. The van der Waals surface area contributed by atoms with Gasteiger partial charge in [0.1, 0.15) is 5.82 Å². The third kappa shape index (κ3) is 6.41. The largest absolute Gasteiger partial charge is 0.481 e. The molecule has 0 saturated carbocycles. The van der Waals surface area contributed by atoms with E-state index in [1.807, 2.05) is 4.90 Å². The summed E-state index contributed by atoms with van der Waals surface area (Å²) in [4.78, 5) is 27.7. The highest BCUT2D eigenvalue weighted by Crippen LogP contribution is 2.13. The summed E-state index contributed by atoms with van der Waals surface area (Å²) in [6, 6.07) is 5.33. The van der Waals surface area contributed by atoms with E-state index in [4.69, 9.17) is 5.11 Å². The van der Waals surface area contributed by atoms with Gasteiger partial charge in [-0.05, 0) is 24.3 Å². The van der Waals surface area contributed by atoms with Crippen molar-refractivity contribution in [2.24, 2.45) is 5.92 Å². The molecule has 1 aliphatic heterocycles. The van der Waals surface area contributed by atoms with Crippen molar-refractivity contribution in [2.75, 3.05) is 51.2 Å². The Hall–Kier alpha value is -2.03. The summed E-state index contributed by atoms with van der Waals surface area (Å²) in [5.74, 6) is -2.61. The Balaban J connectivity index is 1.83. The zero-order valence-corrected chi connectivity index (χ0v) is 14.0. The number of aliphatic hydroxyl groups excluding tert-OH is 1. The predicted octanol–water partition coefficient (Wildman–Crippen LogP) is 0.465. The van der Waals surface area contributed by atoms with Gasteiger partial charge in [-0.2, -0.15) is 0 Å². The van der Waals surface area contributed by atoms with Crippen LogP contribution < -0.4 is 5.32 Å². The van der Waals surface area contributed by atoms with E-state index in [1.54, 1.807) is 0 Å². The smallest absolute Gasteiger partial charge is 0.308 e. The maximum atomic E-state index is 12.9. The molecule has 1 fully saturated rings. The number of carboxylic acids is 1. The van der Waals surface area contributed by atoms with Crippen LogP contribution >= 0.6 is 0 Å². The molecule has 0 radical (unpaired) electrons. The number of hydrogen-bond acceptors (Lipinski definition) is 5. The molecule has 8 heteroatoms. The Kier molecular flexibility index (Phi) is 7.30. The Morgan fingerprint density at radius 3 is 2.28 bits per heavy atom. The second kappa shape index (κ2) is 9.45. The molecule has 0 aliphatic carbocycles. The lowest BCUT2D eigenvalue weighted by molar-refractivity contribution is -0.144. The first-order chi connectivity index (χ1) is 12.0. The summed E-state index contributed by atoms with van der Waals surface area (Å²) in [6.07, 6.45) is -0.135. The van der Waals surface area contributed by atoms with Crippen LogP contribution in [0.2, 0.25) is 0 Å². The molecule has 2 rings (SSSR count). The summed E-state index contributed by atoms with van der Waals surface area (Å²) in [7, 11) is 0. The van der Waals surface area contributed by atoms with Crippen LogP contribution in [0.1, 0.15) is 6.42 Å². The minimum Gasteiger partial charge on any atom is -0.481 e. The van der Waals surface area contributed by atoms with Crippen molar-refractivity contribution in [3.8, 4) is 0 Å². The summed E-state index contributed by atoms with van der Waals surface area (Å²) in [5, 5.41) is 20.9. The Morgan fingerprint density at radius 1 is 1.12 bits per heavy atom. The zero-order valence-electron chi connectivity index (χ0n) is 14.0. The van der Waals surface area contributed by atoms with Gasteiger partial charge in [0.05, 0.1) is 12.5 Å². The summed E-state index contributed by atoms with van der Waals surface area (Å²) < 4.78 is 12.9. The molecule has 1 aromatic carbocycles. The Labute approximate surface area is 146 Å². The topological polar surface area (TPSA) is 93.1 Å². The molecule has 7 nitrogen and oxygen atoms in total. The zero-order chi connectivity index (χ0) is 18.2. The van der Waals surface area contributed by atoms with E-state index in [9.17, 15) is 19.1 Å². The van der Waals surface area contributed by atoms with Crippen molar-refractivity contribution >= 4 is 17.6 Å². The van der Waals surface area contributed by atoms with Crippen LogP contribution in [0, 0.1) is 11.7 Å². The molecule has 1 amide bonds. The van der Waals surface area contributed by atoms with E-state index >= 15 is 0 Å². The molecule has 0 unspecified atom stereocenters. The number of nitrogens with one attached hydrogen (secondary N) is 1. The quantitative estimate of drug-likeness (QED) is 0.629. The highest BCUT2D eigenvalue weighted by atomic mass is 19.1. The number of benzene rings is 1. The summed E-state index contributed by atoms with van der Waals surface area (Å²) in [6.45, 7) is 4.01.